The molecule has 0 saturated heterocycles. The van der Waals surface area contributed by atoms with Gasteiger partial charge in [-0.05, 0) is 66.6 Å². The zero-order valence-electron chi connectivity index (χ0n) is 20.6. The van der Waals surface area contributed by atoms with E-state index in [0.717, 1.165) is 30.3 Å². The predicted octanol–water partition coefficient (Wildman–Crippen LogP) is 7.81. The van der Waals surface area contributed by atoms with E-state index in [9.17, 15) is 0 Å². The van der Waals surface area contributed by atoms with Crippen LogP contribution in [0.4, 0.5) is 5.69 Å². The van der Waals surface area contributed by atoms with E-state index >= 15 is 0 Å². The van der Waals surface area contributed by atoms with Crippen LogP contribution in [0.15, 0.2) is 97.1 Å². The average molecular weight is 493 g/mol. The lowest BCUT2D eigenvalue weighted by atomic mass is 9.89. The smallest absolute Gasteiger partial charge is 0.119 e. The summed E-state index contributed by atoms with van der Waals surface area (Å²) < 4.78 is 7.97. The molecular formula is C32H29ClN2O. The summed E-state index contributed by atoms with van der Waals surface area (Å²) >= 11 is 6.32. The first-order valence-electron chi connectivity index (χ1n) is 12.4. The molecule has 0 saturated carbocycles. The van der Waals surface area contributed by atoms with Gasteiger partial charge in [-0.2, -0.15) is 0 Å². The number of fused-ring (bicyclic) bond motifs is 3. The van der Waals surface area contributed by atoms with Crippen LogP contribution in [0.2, 0.25) is 5.02 Å². The van der Waals surface area contributed by atoms with Crippen molar-refractivity contribution in [2.24, 2.45) is 0 Å². The second-order valence-electron chi connectivity index (χ2n) is 9.55. The molecule has 0 amide bonds. The van der Waals surface area contributed by atoms with E-state index in [4.69, 9.17) is 16.3 Å². The standard InChI is InChI=1S/C32H29ClN2O/c1-22-8-17-29-28(20-22)31-30(35(29)21-23-6-4-3-5-7-23)18-19-34(26-13-15-27(36-2)16-14-26)32(31)24-9-11-25(33)12-10-24/h3-17,20,32H,18-19,21H2,1-2H3. The Kier molecular flexibility index (Phi) is 5.94. The lowest BCUT2D eigenvalue weighted by molar-refractivity contribution is 0.414. The van der Waals surface area contributed by atoms with Gasteiger partial charge in [-0.15, -0.1) is 0 Å². The molecule has 5 aromatic rings. The number of hydrogen-bond acceptors (Lipinski definition) is 2. The van der Waals surface area contributed by atoms with Crippen LogP contribution in [0.1, 0.15) is 34.0 Å². The van der Waals surface area contributed by atoms with Gasteiger partial charge in [0.25, 0.3) is 0 Å². The maximum Gasteiger partial charge on any atom is 0.119 e. The number of rotatable bonds is 5. The Morgan fingerprint density at radius 1 is 0.889 bits per heavy atom. The fraction of sp³-hybridized carbons (Fsp3) is 0.188. The van der Waals surface area contributed by atoms with E-state index < -0.39 is 0 Å². The van der Waals surface area contributed by atoms with Gasteiger partial charge in [-0.1, -0.05) is 65.7 Å². The number of methoxy groups -OCH3 is 1. The summed E-state index contributed by atoms with van der Waals surface area (Å²) in [6.07, 6.45) is 0.978. The molecule has 1 unspecified atom stereocenters. The first-order valence-corrected chi connectivity index (χ1v) is 12.8. The van der Waals surface area contributed by atoms with Gasteiger partial charge in [-0.3, -0.25) is 0 Å². The van der Waals surface area contributed by atoms with Crippen molar-refractivity contribution in [3.05, 3.63) is 130 Å². The van der Waals surface area contributed by atoms with Crippen LogP contribution in [0.25, 0.3) is 10.9 Å². The zero-order valence-corrected chi connectivity index (χ0v) is 21.4. The number of benzene rings is 4. The molecule has 1 atom stereocenters. The number of halogens is 1. The first-order chi connectivity index (χ1) is 17.6. The number of hydrogen-bond donors (Lipinski definition) is 0. The van der Waals surface area contributed by atoms with Crippen LogP contribution in [0.3, 0.4) is 0 Å². The van der Waals surface area contributed by atoms with Gasteiger partial charge in [0.05, 0.1) is 13.2 Å². The Hall–Kier alpha value is -3.69. The molecule has 180 valence electrons. The Morgan fingerprint density at radius 3 is 2.36 bits per heavy atom. The van der Waals surface area contributed by atoms with Crippen molar-refractivity contribution < 1.29 is 4.74 Å². The van der Waals surface area contributed by atoms with Crippen molar-refractivity contribution >= 4 is 28.2 Å². The van der Waals surface area contributed by atoms with E-state index in [1.165, 1.54) is 44.5 Å². The third-order valence-corrected chi connectivity index (χ3v) is 7.57. The summed E-state index contributed by atoms with van der Waals surface area (Å²) in [6, 6.07) is 34.5. The van der Waals surface area contributed by atoms with Gasteiger partial charge in [-0.25, -0.2) is 0 Å². The lowest BCUT2D eigenvalue weighted by Crippen LogP contribution is -2.36. The highest BCUT2D eigenvalue weighted by Gasteiger charge is 2.34. The highest BCUT2D eigenvalue weighted by Crippen LogP contribution is 2.44. The SMILES string of the molecule is COc1ccc(N2CCc3c(c4cc(C)ccc4n3Cc3ccccc3)C2c2ccc(Cl)cc2)cc1. The van der Waals surface area contributed by atoms with Gasteiger partial charge in [0.15, 0.2) is 0 Å². The van der Waals surface area contributed by atoms with Crippen LogP contribution >= 0.6 is 11.6 Å². The van der Waals surface area contributed by atoms with Crippen LogP contribution in [0.5, 0.6) is 5.75 Å². The Balaban J connectivity index is 1.57. The molecule has 1 aliphatic rings. The van der Waals surface area contributed by atoms with Crippen LogP contribution < -0.4 is 9.64 Å². The minimum atomic E-state index is 0.0840. The van der Waals surface area contributed by atoms with Gasteiger partial charge >= 0.3 is 0 Å². The Morgan fingerprint density at radius 2 is 1.64 bits per heavy atom. The van der Waals surface area contributed by atoms with Crippen molar-refractivity contribution in [1.29, 1.82) is 0 Å². The third kappa shape index (κ3) is 4.04. The number of ether oxygens (including phenoxy) is 1. The molecule has 0 bridgehead atoms. The fourth-order valence-corrected chi connectivity index (χ4v) is 5.75. The van der Waals surface area contributed by atoms with Gasteiger partial charge in [0.2, 0.25) is 0 Å². The number of aryl methyl sites for hydroxylation is 1. The second kappa shape index (κ2) is 9.40. The maximum atomic E-state index is 6.32. The normalized spacial score (nSPS) is 15.2. The largest absolute Gasteiger partial charge is 0.497 e. The number of aromatic nitrogens is 1. The quantitative estimate of drug-likeness (QED) is 0.249. The molecule has 3 nitrogen and oxygen atoms in total. The summed E-state index contributed by atoms with van der Waals surface area (Å²) in [5.74, 6) is 0.870. The molecular weight excluding hydrogens is 464 g/mol. The van der Waals surface area contributed by atoms with E-state index in [2.05, 4.69) is 89.2 Å². The van der Waals surface area contributed by atoms with Crippen molar-refractivity contribution in [2.45, 2.75) is 25.9 Å². The van der Waals surface area contributed by atoms with Gasteiger partial charge < -0.3 is 14.2 Å². The molecule has 0 fully saturated rings. The molecule has 1 aliphatic heterocycles. The van der Waals surface area contributed by atoms with Crippen molar-refractivity contribution in [3.8, 4) is 5.75 Å². The van der Waals surface area contributed by atoms with Crippen molar-refractivity contribution in [3.63, 3.8) is 0 Å². The minimum absolute atomic E-state index is 0.0840. The van der Waals surface area contributed by atoms with E-state index in [1.54, 1.807) is 7.11 Å². The Labute approximate surface area is 217 Å². The monoisotopic (exact) mass is 492 g/mol. The summed E-state index contributed by atoms with van der Waals surface area (Å²) in [6.45, 7) is 3.98. The zero-order chi connectivity index (χ0) is 24.6. The van der Waals surface area contributed by atoms with E-state index in [1.807, 2.05) is 24.3 Å². The molecule has 4 heteroatoms. The molecule has 36 heavy (non-hydrogen) atoms. The second-order valence-corrected chi connectivity index (χ2v) is 9.98. The molecule has 6 rings (SSSR count). The molecule has 0 radical (unpaired) electrons. The van der Waals surface area contributed by atoms with Crippen LogP contribution in [0, 0.1) is 6.92 Å². The average Bonchev–Trinajstić information content (AvgIpc) is 3.22. The summed E-state index contributed by atoms with van der Waals surface area (Å²) in [5.41, 5.74) is 9.15. The molecule has 0 aliphatic carbocycles. The van der Waals surface area contributed by atoms with E-state index in [0.29, 0.717) is 0 Å². The molecule has 2 heterocycles. The molecule has 1 aromatic heterocycles. The highest BCUT2D eigenvalue weighted by atomic mass is 35.5. The van der Waals surface area contributed by atoms with Crippen LogP contribution in [-0.2, 0) is 13.0 Å². The van der Waals surface area contributed by atoms with Crippen LogP contribution in [-0.4, -0.2) is 18.2 Å². The third-order valence-electron chi connectivity index (χ3n) is 7.32. The van der Waals surface area contributed by atoms with Crippen molar-refractivity contribution in [1.82, 2.24) is 4.57 Å². The topological polar surface area (TPSA) is 17.4 Å². The highest BCUT2D eigenvalue weighted by molar-refractivity contribution is 6.30. The van der Waals surface area contributed by atoms with Crippen molar-refractivity contribution in [2.75, 3.05) is 18.6 Å². The number of anilines is 1. The minimum Gasteiger partial charge on any atom is -0.497 e. The molecule has 0 N–H and O–H groups in total. The van der Waals surface area contributed by atoms with E-state index in [-0.39, 0.29) is 6.04 Å². The van der Waals surface area contributed by atoms with Gasteiger partial charge in [0.1, 0.15) is 5.75 Å². The fourth-order valence-electron chi connectivity index (χ4n) is 5.62. The summed E-state index contributed by atoms with van der Waals surface area (Å²) in [5, 5.41) is 2.09. The summed E-state index contributed by atoms with van der Waals surface area (Å²) in [4.78, 5) is 2.53. The molecule has 4 aromatic carbocycles. The first kappa shape index (κ1) is 22.8. The van der Waals surface area contributed by atoms with Gasteiger partial charge in [0, 0.05) is 52.4 Å². The maximum absolute atomic E-state index is 6.32. The molecule has 0 spiro atoms. The summed E-state index contributed by atoms with van der Waals surface area (Å²) in [7, 11) is 1.71. The number of nitrogens with zero attached hydrogens (tertiary/aromatic N) is 2. The predicted molar refractivity (Wildman–Crippen MR) is 150 cm³/mol. The lowest BCUT2D eigenvalue weighted by Gasteiger charge is -2.39. The Bertz CT molecular complexity index is 1500.